The number of nitrogens with zero attached hydrogens (tertiary/aromatic N) is 4. The summed E-state index contributed by atoms with van der Waals surface area (Å²) in [7, 11) is -3.54. The van der Waals surface area contributed by atoms with Crippen LogP contribution >= 0.6 is 0 Å². The highest BCUT2D eigenvalue weighted by atomic mass is 32.2. The summed E-state index contributed by atoms with van der Waals surface area (Å²) in [4.78, 5) is 1.96. The van der Waals surface area contributed by atoms with Crippen LogP contribution in [0.1, 0.15) is 27.2 Å². The molecule has 19 heavy (non-hydrogen) atoms. The van der Waals surface area contributed by atoms with Crippen molar-refractivity contribution in [2.45, 2.75) is 38.0 Å². The van der Waals surface area contributed by atoms with E-state index in [1.165, 1.54) is 4.31 Å². The third-order valence-electron chi connectivity index (χ3n) is 3.54. The van der Waals surface area contributed by atoms with Gasteiger partial charge in [-0.1, -0.05) is 6.92 Å². The van der Waals surface area contributed by atoms with Gasteiger partial charge in [0.25, 0.3) is 0 Å². The van der Waals surface area contributed by atoms with Gasteiger partial charge < -0.3 is 0 Å². The van der Waals surface area contributed by atoms with Crippen molar-refractivity contribution in [2.75, 3.05) is 26.2 Å². The molecule has 0 saturated carbocycles. The summed E-state index contributed by atoms with van der Waals surface area (Å²) in [5.74, 6) is 0. The molecule has 0 aromatic heterocycles. The zero-order valence-electron chi connectivity index (χ0n) is 11.6. The Bertz CT molecular complexity index is 493. The van der Waals surface area contributed by atoms with Crippen LogP contribution < -0.4 is 0 Å². The van der Waals surface area contributed by atoms with Crippen LogP contribution in [0.5, 0.6) is 0 Å². The van der Waals surface area contributed by atoms with Crippen molar-refractivity contribution in [2.24, 2.45) is 0 Å². The molecule has 106 valence electrons. The van der Waals surface area contributed by atoms with Crippen molar-refractivity contribution in [3.8, 4) is 12.1 Å². The third kappa shape index (κ3) is 3.24. The van der Waals surface area contributed by atoms with Crippen LogP contribution in [0.15, 0.2) is 0 Å². The highest BCUT2D eigenvalue weighted by Gasteiger charge is 2.36. The molecule has 1 aliphatic rings. The van der Waals surface area contributed by atoms with Crippen LogP contribution in [0.3, 0.4) is 0 Å². The van der Waals surface area contributed by atoms with E-state index >= 15 is 0 Å². The predicted octanol–water partition coefficient (Wildman–Crippen LogP) is 0.538. The summed E-state index contributed by atoms with van der Waals surface area (Å²) in [5, 5.41) is 17.0. The molecule has 0 spiro atoms. The number of hydrogen-bond acceptors (Lipinski definition) is 5. The normalized spacial score (nSPS) is 20.5. The Morgan fingerprint density at radius 2 is 1.74 bits per heavy atom. The first-order chi connectivity index (χ1) is 8.79. The monoisotopic (exact) mass is 284 g/mol. The van der Waals surface area contributed by atoms with Crippen LogP contribution in [0.4, 0.5) is 0 Å². The molecular formula is C12H20N4O2S. The van der Waals surface area contributed by atoms with E-state index in [-0.39, 0.29) is 0 Å². The standard InChI is InChI=1S/C12H20N4O2S/c1-4-11(9-13)19(17,18)16-7-5-15(6-8-16)12(2,3)10-14/h11H,4-8H2,1-3H3. The van der Waals surface area contributed by atoms with Gasteiger partial charge in [0.15, 0.2) is 5.25 Å². The van der Waals surface area contributed by atoms with Crippen LogP contribution in [-0.4, -0.2) is 54.6 Å². The molecule has 7 heteroatoms. The molecule has 0 aliphatic carbocycles. The zero-order chi connectivity index (χ0) is 14.7. The smallest absolute Gasteiger partial charge is 0.230 e. The van der Waals surface area contributed by atoms with Gasteiger partial charge in [-0.2, -0.15) is 14.8 Å². The number of nitriles is 2. The van der Waals surface area contributed by atoms with Crippen molar-refractivity contribution >= 4 is 10.0 Å². The lowest BCUT2D eigenvalue weighted by atomic mass is 10.0. The van der Waals surface area contributed by atoms with E-state index in [1.807, 2.05) is 24.8 Å². The Morgan fingerprint density at radius 1 is 1.21 bits per heavy atom. The molecule has 1 rings (SSSR count). The SMILES string of the molecule is CCC(C#N)S(=O)(=O)N1CCN(C(C)(C)C#N)CC1. The Labute approximate surface area is 115 Å². The van der Waals surface area contributed by atoms with E-state index in [9.17, 15) is 8.42 Å². The molecule has 1 fully saturated rings. The maximum absolute atomic E-state index is 12.2. The van der Waals surface area contributed by atoms with Crippen LogP contribution in [-0.2, 0) is 10.0 Å². The fraction of sp³-hybridized carbons (Fsp3) is 0.833. The van der Waals surface area contributed by atoms with Gasteiger partial charge >= 0.3 is 0 Å². The zero-order valence-corrected chi connectivity index (χ0v) is 12.4. The van der Waals surface area contributed by atoms with E-state index in [0.717, 1.165) is 0 Å². The van der Waals surface area contributed by atoms with E-state index in [0.29, 0.717) is 32.6 Å². The van der Waals surface area contributed by atoms with Gasteiger partial charge in [-0.05, 0) is 20.3 Å². The molecule has 0 radical (unpaired) electrons. The second kappa shape index (κ2) is 5.87. The van der Waals surface area contributed by atoms with Gasteiger partial charge in [0, 0.05) is 26.2 Å². The van der Waals surface area contributed by atoms with Crippen molar-refractivity contribution in [3.63, 3.8) is 0 Å². The minimum absolute atomic E-state index is 0.294. The summed E-state index contributed by atoms with van der Waals surface area (Å²) >= 11 is 0. The van der Waals surface area contributed by atoms with Crippen molar-refractivity contribution in [1.29, 1.82) is 10.5 Å². The average Bonchev–Trinajstić information content (AvgIpc) is 2.40. The Hall–Kier alpha value is -1.15. The fourth-order valence-electron chi connectivity index (χ4n) is 2.12. The minimum atomic E-state index is -3.54. The second-order valence-corrected chi connectivity index (χ2v) is 7.24. The molecule has 0 N–H and O–H groups in total. The highest BCUT2D eigenvalue weighted by Crippen LogP contribution is 2.19. The molecule has 1 unspecified atom stereocenters. The first-order valence-corrected chi connectivity index (χ1v) is 7.84. The molecule has 1 atom stereocenters. The molecule has 1 aliphatic heterocycles. The molecular weight excluding hydrogens is 264 g/mol. The molecule has 1 heterocycles. The molecule has 0 bridgehead atoms. The molecule has 6 nitrogen and oxygen atoms in total. The molecule has 0 amide bonds. The Kier molecular flexibility index (Phi) is 4.92. The molecule has 0 aromatic carbocycles. The van der Waals surface area contributed by atoms with Crippen LogP contribution in [0.2, 0.25) is 0 Å². The molecule has 1 saturated heterocycles. The van der Waals surface area contributed by atoms with Crippen molar-refractivity contribution in [1.82, 2.24) is 9.21 Å². The number of piperazine rings is 1. The van der Waals surface area contributed by atoms with Gasteiger partial charge in [0.1, 0.15) is 5.54 Å². The van der Waals surface area contributed by atoms with Gasteiger partial charge in [-0.15, -0.1) is 0 Å². The number of sulfonamides is 1. The van der Waals surface area contributed by atoms with Gasteiger partial charge in [0.2, 0.25) is 10.0 Å². The van der Waals surface area contributed by atoms with E-state index in [2.05, 4.69) is 6.07 Å². The predicted molar refractivity (Wildman–Crippen MR) is 71.4 cm³/mol. The average molecular weight is 284 g/mol. The highest BCUT2D eigenvalue weighted by molar-refractivity contribution is 7.90. The Morgan fingerprint density at radius 3 is 2.11 bits per heavy atom. The number of hydrogen-bond donors (Lipinski definition) is 0. The van der Waals surface area contributed by atoms with E-state index in [1.54, 1.807) is 6.92 Å². The lowest BCUT2D eigenvalue weighted by Gasteiger charge is -2.40. The maximum Gasteiger partial charge on any atom is 0.230 e. The van der Waals surface area contributed by atoms with Gasteiger partial charge in [-0.3, -0.25) is 4.90 Å². The first-order valence-electron chi connectivity index (χ1n) is 6.34. The lowest BCUT2D eigenvalue weighted by molar-refractivity contribution is 0.115. The fourth-order valence-corrected chi connectivity index (χ4v) is 3.71. The summed E-state index contributed by atoms with van der Waals surface area (Å²) in [6, 6.07) is 4.06. The van der Waals surface area contributed by atoms with E-state index < -0.39 is 20.8 Å². The van der Waals surface area contributed by atoms with Crippen LogP contribution in [0, 0.1) is 22.7 Å². The minimum Gasteiger partial charge on any atom is -0.283 e. The largest absolute Gasteiger partial charge is 0.283 e. The second-order valence-electron chi connectivity index (χ2n) is 5.13. The Balaban J connectivity index is 2.75. The summed E-state index contributed by atoms with van der Waals surface area (Å²) in [6.45, 7) is 7.05. The summed E-state index contributed by atoms with van der Waals surface area (Å²) < 4.78 is 25.8. The number of rotatable bonds is 4. The summed E-state index contributed by atoms with van der Waals surface area (Å²) in [6.07, 6.45) is 0.294. The quantitative estimate of drug-likeness (QED) is 0.751. The molecule has 0 aromatic rings. The van der Waals surface area contributed by atoms with E-state index in [4.69, 9.17) is 10.5 Å². The lowest BCUT2D eigenvalue weighted by Crippen LogP contribution is -2.56. The first kappa shape index (κ1) is 15.9. The van der Waals surface area contributed by atoms with Crippen molar-refractivity contribution in [3.05, 3.63) is 0 Å². The summed E-state index contributed by atoms with van der Waals surface area (Å²) in [5.41, 5.74) is -0.588. The third-order valence-corrected chi connectivity index (χ3v) is 5.78. The van der Waals surface area contributed by atoms with Gasteiger partial charge in [-0.25, -0.2) is 8.42 Å². The maximum atomic E-state index is 12.2. The van der Waals surface area contributed by atoms with Gasteiger partial charge in [0.05, 0.1) is 12.1 Å². The van der Waals surface area contributed by atoms with Crippen molar-refractivity contribution < 1.29 is 8.42 Å². The van der Waals surface area contributed by atoms with Crippen LogP contribution in [0.25, 0.3) is 0 Å². The topological polar surface area (TPSA) is 88.2 Å².